The summed E-state index contributed by atoms with van der Waals surface area (Å²) in [5, 5.41) is 0. The fourth-order valence-electron chi connectivity index (χ4n) is 2.97. The van der Waals surface area contributed by atoms with Crippen molar-refractivity contribution in [2.24, 2.45) is 5.73 Å². The molecule has 2 fully saturated rings. The first-order valence-corrected chi connectivity index (χ1v) is 8.54. The molecule has 0 aromatic carbocycles. The van der Waals surface area contributed by atoms with Crippen LogP contribution in [-0.2, 0) is 14.8 Å². The third kappa shape index (κ3) is 3.66. The normalized spacial score (nSPS) is 28.4. The molecule has 106 valence electrons. The standard InChI is InChI=1S/C12H24N2O3S/c13-10-12(6-2-1-3-7-12)14-18(15,16)9-11-5-4-8-17-11/h11,14H,1-10,13H2. The second kappa shape index (κ2) is 5.86. The van der Waals surface area contributed by atoms with Crippen LogP contribution < -0.4 is 10.5 Å². The molecule has 1 aliphatic carbocycles. The second-order valence-electron chi connectivity index (χ2n) is 5.56. The van der Waals surface area contributed by atoms with E-state index in [4.69, 9.17) is 10.5 Å². The molecule has 0 spiro atoms. The van der Waals surface area contributed by atoms with Gasteiger partial charge in [-0.3, -0.25) is 0 Å². The van der Waals surface area contributed by atoms with Gasteiger partial charge in [-0.2, -0.15) is 0 Å². The van der Waals surface area contributed by atoms with Crippen molar-refractivity contribution in [2.75, 3.05) is 18.9 Å². The summed E-state index contributed by atoms with van der Waals surface area (Å²) in [6.07, 6.45) is 6.66. The van der Waals surface area contributed by atoms with Gasteiger partial charge < -0.3 is 10.5 Å². The van der Waals surface area contributed by atoms with E-state index in [1.165, 1.54) is 6.42 Å². The predicted molar refractivity (Wildman–Crippen MR) is 70.8 cm³/mol. The fraction of sp³-hybridized carbons (Fsp3) is 1.00. The topological polar surface area (TPSA) is 81.4 Å². The first kappa shape index (κ1) is 14.2. The van der Waals surface area contributed by atoms with Crippen molar-refractivity contribution < 1.29 is 13.2 Å². The van der Waals surface area contributed by atoms with E-state index in [0.29, 0.717) is 13.2 Å². The van der Waals surface area contributed by atoms with Crippen molar-refractivity contribution in [3.8, 4) is 0 Å². The second-order valence-corrected chi connectivity index (χ2v) is 7.33. The summed E-state index contributed by atoms with van der Waals surface area (Å²) in [6.45, 7) is 1.07. The molecule has 6 heteroatoms. The van der Waals surface area contributed by atoms with E-state index >= 15 is 0 Å². The van der Waals surface area contributed by atoms with Gasteiger partial charge in [-0.25, -0.2) is 13.1 Å². The summed E-state index contributed by atoms with van der Waals surface area (Å²) >= 11 is 0. The molecule has 18 heavy (non-hydrogen) atoms. The Kier molecular flexibility index (Phi) is 4.64. The molecule has 2 rings (SSSR count). The van der Waals surface area contributed by atoms with Gasteiger partial charge in [0.1, 0.15) is 0 Å². The van der Waals surface area contributed by atoms with Crippen molar-refractivity contribution in [3.63, 3.8) is 0 Å². The summed E-state index contributed by atoms with van der Waals surface area (Å²) in [6, 6.07) is 0. The Bertz CT molecular complexity index is 358. The lowest BCUT2D eigenvalue weighted by Crippen LogP contribution is -2.55. The number of hydrogen-bond acceptors (Lipinski definition) is 4. The molecule has 1 atom stereocenters. The van der Waals surface area contributed by atoms with Crippen molar-refractivity contribution in [2.45, 2.75) is 56.6 Å². The lowest BCUT2D eigenvalue weighted by atomic mass is 9.83. The van der Waals surface area contributed by atoms with E-state index in [1.54, 1.807) is 0 Å². The lowest BCUT2D eigenvalue weighted by molar-refractivity contribution is 0.127. The largest absolute Gasteiger partial charge is 0.377 e. The minimum absolute atomic E-state index is 0.0781. The minimum atomic E-state index is -3.29. The zero-order valence-electron chi connectivity index (χ0n) is 10.9. The Morgan fingerprint density at radius 1 is 1.22 bits per heavy atom. The zero-order valence-corrected chi connectivity index (χ0v) is 11.7. The van der Waals surface area contributed by atoms with Crippen LogP contribution in [0.15, 0.2) is 0 Å². The van der Waals surface area contributed by atoms with E-state index in [2.05, 4.69) is 4.72 Å². The van der Waals surface area contributed by atoms with Crippen LogP contribution in [0.3, 0.4) is 0 Å². The molecule has 0 amide bonds. The molecule has 2 aliphatic rings. The van der Waals surface area contributed by atoms with Crippen LogP contribution in [0.1, 0.15) is 44.9 Å². The molecule has 0 bridgehead atoms. The minimum Gasteiger partial charge on any atom is -0.377 e. The molecule has 0 aromatic rings. The van der Waals surface area contributed by atoms with Gasteiger partial charge in [-0.1, -0.05) is 19.3 Å². The number of sulfonamides is 1. The van der Waals surface area contributed by atoms with E-state index in [0.717, 1.165) is 38.5 Å². The molecular weight excluding hydrogens is 252 g/mol. The maximum atomic E-state index is 12.2. The molecule has 1 saturated carbocycles. The molecule has 3 N–H and O–H groups in total. The highest BCUT2D eigenvalue weighted by molar-refractivity contribution is 7.89. The predicted octanol–water partition coefficient (Wildman–Crippen LogP) is 0.746. The lowest BCUT2D eigenvalue weighted by Gasteiger charge is -2.36. The van der Waals surface area contributed by atoms with Crippen molar-refractivity contribution in [3.05, 3.63) is 0 Å². The van der Waals surface area contributed by atoms with Gasteiger partial charge in [-0.05, 0) is 25.7 Å². The monoisotopic (exact) mass is 276 g/mol. The van der Waals surface area contributed by atoms with Gasteiger partial charge in [0.25, 0.3) is 0 Å². The maximum Gasteiger partial charge on any atom is 0.214 e. The molecule has 1 saturated heterocycles. The smallest absolute Gasteiger partial charge is 0.214 e. The molecule has 1 aliphatic heterocycles. The molecule has 1 heterocycles. The van der Waals surface area contributed by atoms with E-state index in [1.807, 2.05) is 0 Å². The van der Waals surface area contributed by atoms with Crippen LogP contribution in [0.2, 0.25) is 0 Å². The van der Waals surface area contributed by atoms with Crippen LogP contribution in [0, 0.1) is 0 Å². The Labute approximate surface area is 110 Å². The summed E-state index contributed by atoms with van der Waals surface area (Å²) < 4.78 is 32.6. The number of rotatable bonds is 5. The zero-order chi connectivity index (χ0) is 13.1. The highest BCUT2D eigenvalue weighted by atomic mass is 32.2. The first-order chi connectivity index (χ1) is 8.55. The van der Waals surface area contributed by atoms with Crippen molar-refractivity contribution in [1.82, 2.24) is 4.72 Å². The number of hydrogen-bond donors (Lipinski definition) is 2. The first-order valence-electron chi connectivity index (χ1n) is 6.89. The number of ether oxygens (including phenoxy) is 1. The third-order valence-electron chi connectivity index (χ3n) is 4.00. The van der Waals surface area contributed by atoms with Crippen LogP contribution in [0.25, 0.3) is 0 Å². The van der Waals surface area contributed by atoms with Crippen LogP contribution in [-0.4, -0.2) is 39.0 Å². The van der Waals surface area contributed by atoms with E-state index in [-0.39, 0.29) is 11.9 Å². The van der Waals surface area contributed by atoms with Crippen molar-refractivity contribution in [1.29, 1.82) is 0 Å². The summed E-state index contributed by atoms with van der Waals surface area (Å²) in [5.74, 6) is 0.0781. The molecule has 1 unspecified atom stereocenters. The van der Waals surface area contributed by atoms with Crippen LogP contribution >= 0.6 is 0 Å². The Morgan fingerprint density at radius 2 is 1.94 bits per heavy atom. The van der Waals surface area contributed by atoms with Gasteiger partial charge in [0, 0.05) is 18.7 Å². The van der Waals surface area contributed by atoms with Crippen LogP contribution in [0.5, 0.6) is 0 Å². The average Bonchev–Trinajstić information content (AvgIpc) is 2.81. The van der Waals surface area contributed by atoms with E-state index < -0.39 is 15.6 Å². The van der Waals surface area contributed by atoms with Gasteiger partial charge in [0.05, 0.1) is 11.9 Å². The quantitative estimate of drug-likeness (QED) is 0.776. The Balaban J connectivity index is 1.96. The highest BCUT2D eigenvalue weighted by Gasteiger charge is 2.35. The third-order valence-corrected chi connectivity index (χ3v) is 5.56. The number of nitrogens with one attached hydrogen (secondary N) is 1. The molecular formula is C12H24N2O3S. The summed E-state index contributed by atoms with van der Waals surface area (Å²) in [4.78, 5) is 0. The Hall–Kier alpha value is -0.170. The van der Waals surface area contributed by atoms with Crippen molar-refractivity contribution >= 4 is 10.0 Å². The average molecular weight is 276 g/mol. The summed E-state index contributed by atoms with van der Waals surface area (Å²) in [5.41, 5.74) is 5.39. The fourth-order valence-corrected chi connectivity index (χ4v) is 4.75. The SMILES string of the molecule is NCC1(NS(=O)(=O)CC2CCCO2)CCCCC1. The van der Waals surface area contributed by atoms with Gasteiger partial charge in [0.15, 0.2) is 0 Å². The van der Waals surface area contributed by atoms with Crippen LogP contribution in [0.4, 0.5) is 0 Å². The number of nitrogens with two attached hydrogens (primary N) is 1. The van der Waals surface area contributed by atoms with Gasteiger partial charge >= 0.3 is 0 Å². The molecule has 5 nitrogen and oxygen atoms in total. The van der Waals surface area contributed by atoms with E-state index in [9.17, 15) is 8.42 Å². The molecule has 0 aromatic heterocycles. The summed E-state index contributed by atoms with van der Waals surface area (Å²) in [7, 11) is -3.29. The van der Waals surface area contributed by atoms with Gasteiger partial charge in [-0.15, -0.1) is 0 Å². The maximum absolute atomic E-state index is 12.2. The Morgan fingerprint density at radius 3 is 2.50 bits per heavy atom. The molecule has 0 radical (unpaired) electrons. The highest BCUT2D eigenvalue weighted by Crippen LogP contribution is 2.28. The van der Waals surface area contributed by atoms with Gasteiger partial charge in [0.2, 0.25) is 10.0 Å².